The van der Waals surface area contributed by atoms with E-state index in [2.05, 4.69) is 44.7 Å². The van der Waals surface area contributed by atoms with E-state index in [1.165, 1.54) is 5.56 Å². The fourth-order valence-electron chi connectivity index (χ4n) is 5.01. The van der Waals surface area contributed by atoms with Crippen LogP contribution in [-0.2, 0) is 16.1 Å². The number of hydrogen-bond donors (Lipinski definition) is 2. The molecule has 7 nitrogen and oxygen atoms in total. The van der Waals surface area contributed by atoms with Gasteiger partial charge >= 0.3 is 0 Å². The fraction of sp³-hybridized carbons (Fsp3) is 0.500. The molecule has 1 saturated heterocycles. The van der Waals surface area contributed by atoms with Gasteiger partial charge in [-0.3, -0.25) is 14.5 Å². The van der Waals surface area contributed by atoms with Crippen LogP contribution in [0.4, 0.5) is 11.4 Å². The molecule has 1 saturated carbocycles. The minimum atomic E-state index is -0.111. The number of amides is 2. The summed E-state index contributed by atoms with van der Waals surface area (Å²) < 4.78 is 5.10. The van der Waals surface area contributed by atoms with Crippen LogP contribution < -0.4 is 15.5 Å². The highest BCUT2D eigenvalue weighted by atomic mass is 16.5. The summed E-state index contributed by atoms with van der Waals surface area (Å²) >= 11 is 0. The summed E-state index contributed by atoms with van der Waals surface area (Å²) in [6.45, 7) is 5.67. The second-order valence-corrected chi connectivity index (χ2v) is 9.55. The summed E-state index contributed by atoms with van der Waals surface area (Å²) in [4.78, 5) is 30.6. The minimum absolute atomic E-state index is 0.0660. The van der Waals surface area contributed by atoms with Gasteiger partial charge in [-0.05, 0) is 43.0 Å². The third kappa shape index (κ3) is 7.05. The maximum Gasteiger partial charge on any atom is 0.253 e. The molecular weight excluding hydrogens is 440 g/mol. The number of rotatable bonds is 10. The van der Waals surface area contributed by atoms with Gasteiger partial charge in [0.1, 0.15) is 0 Å². The number of nitrogens with one attached hydrogen (secondary N) is 2. The predicted octanol–water partition coefficient (Wildman–Crippen LogP) is 3.90. The Morgan fingerprint density at radius 1 is 1.00 bits per heavy atom. The number of nitrogens with zero attached hydrogens (tertiary/aromatic N) is 2. The molecule has 2 fully saturated rings. The van der Waals surface area contributed by atoms with Crippen LogP contribution in [0.3, 0.4) is 0 Å². The van der Waals surface area contributed by atoms with E-state index in [9.17, 15) is 9.59 Å². The highest BCUT2D eigenvalue weighted by Gasteiger charge is 2.25. The third-order valence-corrected chi connectivity index (χ3v) is 7.01. The zero-order valence-corrected chi connectivity index (χ0v) is 20.8. The standard InChI is InChI=1S/C28H38N4O3/c1-35-19-7-14-29-28(34)25-20-24(30-27(33)23-10-5-6-11-23)12-13-26(25)32-17-15-31(16-18-32)21-22-8-3-2-4-9-22/h2-4,8-9,12-13,20,23H,5-7,10-11,14-19,21H2,1H3,(H,29,34)(H,30,33). The topological polar surface area (TPSA) is 73.9 Å². The van der Waals surface area contributed by atoms with Crippen LogP contribution in [0.5, 0.6) is 0 Å². The van der Waals surface area contributed by atoms with E-state index in [0.717, 1.165) is 70.5 Å². The largest absolute Gasteiger partial charge is 0.385 e. The number of benzene rings is 2. The molecular formula is C28H38N4O3. The molecule has 0 bridgehead atoms. The van der Waals surface area contributed by atoms with Crippen molar-refractivity contribution in [1.82, 2.24) is 10.2 Å². The lowest BCUT2D eigenvalue weighted by molar-refractivity contribution is -0.119. The van der Waals surface area contributed by atoms with E-state index in [1.807, 2.05) is 24.3 Å². The van der Waals surface area contributed by atoms with Gasteiger partial charge in [-0.25, -0.2) is 0 Å². The normalized spacial score (nSPS) is 16.9. The number of carbonyl (C=O) groups excluding carboxylic acids is 2. The van der Waals surface area contributed by atoms with E-state index in [4.69, 9.17) is 4.74 Å². The van der Waals surface area contributed by atoms with E-state index in [1.54, 1.807) is 7.11 Å². The smallest absolute Gasteiger partial charge is 0.253 e. The fourth-order valence-corrected chi connectivity index (χ4v) is 5.01. The first-order valence-electron chi connectivity index (χ1n) is 12.9. The van der Waals surface area contributed by atoms with E-state index in [0.29, 0.717) is 24.4 Å². The molecule has 7 heteroatoms. The number of methoxy groups -OCH3 is 1. The van der Waals surface area contributed by atoms with Gasteiger partial charge in [-0.2, -0.15) is 0 Å². The molecule has 2 aliphatic rings. The van der Waals surface area contributed by atoms with E-state index < -0.39 is 0 Å². The van der Waals surface area contributed by atoms with Crippen LogP contribution in [0.25, 0.3) is 0 Å². The Labute approximate surface area is 208 Å². The highest BCUT2D eigenvalue weighted by Crippen LogP contribution is 2.29. The van der Waals surface area contributed by atoms with Gasteiger partial charge in [0.25, 0.3) is 5.91 Å². The Hall–Kier alpha value is -2.90. The molecule has 0 atom stereocenters. The van der Waals surface area contributed by atoms with Gasteiger partial charge in [0.15, 0.2) is 0 Å². The van der Waals surface area contributed by atoms with Gasteiger partial charge in [-0.15, -0.1) is 0 Å². The van der Waals surface area contributed by atoms with Crippen molar-refractivity contribution in [2.45, 2.75) is 38.6 Å². The van der Waals surface area contributed by atoms with Crippen molar-refractivity contribution >= 4 is 23.2 Å². The molecule has 35 heavy (non-hydrogen) atoms. The number of hydrogen-bond acceptors (Lipinski definition) is 5. The Balaban J connectivity index is 1.44. The van der Waals surface area contributed by atoms with Gasteiger partial charge in [0.2, 0.25) is 5.91 Å². The zero-order chi connectivity index (χ0) is 24.5. The average Bonchev–Trinajstić information content (AvgIpc) is 3.43. The molecule has 4 rings (SSSR count). The summed E-state index contributed by atoms with van der Waals surface area (Å²) in [5.41, 5.74) is 3.55. The molecule has 0 spiro atoms. The van der Waals surface area contributed by atoms with Crippen LogP contribution >= 0.6 is 0 Å². The van der Waals surface area contributed by atoms with Gasteiger partial charge < -0.3 is 20.3 Å². The SMILES string of the molecule is COCCCNC(=O)c1cc(NC(=O)C2CCCC2)ccc1N1CCN(Cc2ccccc2)CC1. The van der Waals surface area contributed by atoms with Crippen molar-refractivity contribution in [3.63, 3.8) is 0 Å². The molecule has 0 aromatic heterocycles. The Morgan fingerprint density at radius 3 is 2.46 bits per heavy atom. The summed E-state index contributed by atoms with van der Waals surface area (Å²) in [7, 11) is 1.66. The average molecular weight is 479 g/mol. The van der Waals surface area contributed by atoms with Gasteiger partial charge in [-0.1, -0.05) is 43.2 Å². The summed E-state index contributed by atoms with van der Waals surface area (Å²) in [6.07, 6.45) is 4.88. The number of ether oxygens (including phenoxy) is 1. The lowest BCUT2D eigenvalue weighted by Gasteiger charge is -2.37. The van der Waals surface area contributed by atoms with Crippen LogP contribution in [0.15, 0.2) is 48.5 Å². The molecule has 1 heterocycles. The van der Waals surface area contributed by atoms with Crippen LogP contribution in [0, 0.1) is 5.92 Å². The molecule has 2 aromatic carbocycles. The quantitative estimate of drug-likeness (QED) is 0.507. The van der Waals surface area contributed by atoms with E-state index in [-0.39, 0.29) is 17.7 Å². The molecule has 188 valence electrons. The summed E-state index contributed by atoms with van der Waals surface area (Å²) in [5, 5.41) is 6.08. The van der Waals surface area contributed by atoms with Crippen molar-refractivity contribution in [2.75, 3.05) is 56.7 Å². The van der Waals surface area contributed by atoms with Gasteiger partial charge in [0, 0.05) is 70.3 Å². The summed E-state index contributed by atoms with van der Waals surface area (Å²) in [6, 6.07) is 16.3. The lowest BCUT2D eigenvalue weighted by Crippen LogP contribution is -2.46. The van der Waals surface area contributed by atoms with Crippen molar-refractivity contribution in [3.8, 4) is 0 Å². The number of piperazine rings is 1. The first-order valence-corrected chi connectivity index (χ1v) is 12.9. The minimum Gasteiger partial charge on any atom is -0.385 e. The monoisotopic (exact) mass is 478 g/mol. The van der Waals surface area contributed by atoms with E-state index >= 15 is 0 Å². The maximum absolute atomic E-state index is 13.2. The molecule has 2 N–H and O–H groups in total. The van der Waals surface area contributed by atoms with Crippen LogP contribution in [0.1, 0.15) is 48.0 Å². The zero-order valence-electron chi connectivity index (χ0n) is 20.8. The van der Waals surface area contributed by atoms with Crippen molar-refractivity contribution in [1.29, 1.82) is 0 Å². The van der Waals surface area contributed by atoms with Crippen molar-refractivity contribution < 1.29 is 14.3 Å². The molecule has 1 aliphatic carbocycles. The first-order chi connectivity index (χ1) is 17.1. The maximum atomic E-state index is 13.2. The molecule has 0 unspecified atom stereocenters. The first kappa shape index (κ1) is 25.2. The highest BCUT2D eigenvalue weighted by molar-refractivity contribution is 6.02. The molecule has 2 amide bonds. The molecule has 1 aliphatic heterocycles. The van der Waals surface area contributed by atoms with Crippen LogP contribution in [0.2, 0.25) is 0 Å². The summed E-state index contributed by atoms with van der Waals surface area (Å²) in [5.74, 6) is 0.0368. The Morgan fingerprint density at radius 2 is 1.74 bits per heavy atom. The van der Waals surface area contributed by atoms with Gasteiger partial charge in [0.05, 0.1) is 5.56 Å². The number of anilines is 2. The predicted molar refractivity (Wildman–Crippen MR) is 140 cm³/mol. The van der Waals surface area contributed by atoms with Crippen molar-refractivity contribution in [3.05, 3.63) is 59.7 Å². The van der Waals surface area contributed by atoms with Crippen molar-refractivity contribution in [2.24, 2.45) is 5.92 Å². The lowest BCUT2D eigenvalue weighted by atomic mass is 10.1. The molecule has 0 radical (unpaired) electrons. The Kier molecular flexibility index (Phi) is 9.15. The Bertz CT molecular complexity index is 967. The molecule has 2 aromatic rings. The second-order valence-electron chi connectivity index (χ2n) is 9.55. The third-order valence-electron chi connectivity index (χ3n) is 7.01. The van der Waals surface area contributed by atoms with Crippen LogP contribution in [-0.4, -0.2) is 63.2 Å². The second kappa shape index (κ2) is 12.7. The number of carbonyl (C=O) groups is 2.